The predicted octanol–water partition coefficient (Wildman–Crippen LogP) is 1.76. The van der Waals surface area contributed by atoms with Gasteiger partial charge in [-0.1, -0.05) is 13.0 Å². The van der Waals surface area contributed by atoms with Crippen molar-refractivity contribution in [3.05, 3.63) is 35.4 Å². The first kappa shape index (κ1) is 17.7. The Morgan fingerprint density at radius 2 is 1.86 bits per heavy atom. The number of nitrogens with one attached hydrogen (secondary N) is 1. The minimum atomic E-state index is -1.07. The SMILES string of the molecule is CCCNC(=O)c1cccc(C(=O)N(CC(=O)O)C(C)C)c1. The van der Waals surface area contributed by atoms with E-state index in [9.17, 15) is 14.4 Å². The third kappa shape index (κ3) is 4.87. The molecule has 0 fully saturated rings. The standard InChI is InChI=1S/C16H22N2O4/c1-4-8-17-15(21)12-6-5-7-13(9-12)16(22)18(11(2)3)10-14(19)20/h5-7,9,11H,4,8,10H2,1-3H3,(H,17,21)(H,19,20). The number of hydrogen-bond donors (Lipinski definition) is 2. The topological polar surface area (TPSA) is 86.7 Å². The lowest BCUT2D eigenvalue weighted by Crippen LogP contribution is -2.40. The highest BCUT2D eigenvalue weighted by atomic mass is 16.4. The number of carboxylic acids is 1. The van der Waals surface area contributed by atoms with Crippen LogP contribution < -0.4 is 5.32 Å². The summed E-state index contributed by atoms with van der Waals surface area (Å²) in [6, 6.07) is 6.06. The van der Waals surface area contributed by atoms with Crippen molar-refractivity contribution >= 4 is 17.8 Å². The molecule has 6 heteroatoms. The number of aliphatic carboxylic acids is 1. The van der Waals surface area contributed by atoms with Gasteiger partial charge in [0.1, 0.15) is 6.54 Å². The van der Waals surface area contributed by atoms with Gasteiger partial charge in [0, 0.05) is 23.7 Å². The van der Waals surface area contributed by atoms with Crippen LogP contribution in [0.25, 0.3) is 0 Å². The number of benzene rings is 1. The van der Waals surface area contributed by atoms with E-state index in [0.717, 1.165) is 6.42 Å². The Hall–Kier alpha value is -2.37. The monoisotopic (exact) mass is 306 g/mol. The quantitative estimate of drug-likeness (QED) is 0.803. The van der Waals surface area contributed by atoms with Gasteiger partial charge in [-0.15, -0.1) is 0 Å². The number of carboxylic acid groups (broad SMARTS) is 1. The van der Waals surface area contributed by atoms with Crippen molar-refractivity contribution in [2.45, 2.75) is 33.2 Å². The average Bonchev–Trinajstić information content (AvgIpc) is 2.49. The summed E-state index contributed by atoms with van der Waals surface area (Å²) < 4.78 is 0. The molecule has 0 radical (unpaired) electrons. The van der Waals surface area contributed by atoms with Crippen LogP contribution in [-0.4, -0.2) is 46.9 Å². The zero-order valence-electron chi connectivity index (χ0n) is 13.1. The summed E-state index contributed by atoms with van der Waals surface area (Å²) in [4.78, 5) is 36.5. The molecule has 1 rings (SSSR count). The molecule has 0 bridgehead atoms. The summed E-state index contributed by atoms with van der Waals surface area (Å²) in [5, 5.41) is 11.7. The van der Waals surface area contributed by atoms with Crippen molar-refractivity contribution in [3.8, 4) is 0 Å². The highest BCUT2D eigenvalue weighted by Crippen LogP contribution is 2.11. The minimum Gasteiger partial charge on any atom is -0.480 e. The van der Waals surface area contributed by atoms with Crippen LogP contribution in [0.4, 0.5) is 0 Å². The summed E-state index contributed by atoms with van der Waals surface area (Å²) in [6.07, 6.45) is 0.824. The maximum Gasteiger partial charge on any atom is 0.323 e. The summed E-state index contributed by atoms with van der Waals surface area (Å²) in [5.41, 5.74) is 0.692. The van der Waals surface area contributed by atoms with Gasteiger partial charge in [0.2, 0.25) is 0 Å². The molecule has 0 heterocycles. The molecular weight excluding hydrogens is 284 g/mol. The van der Waals surface area contributed by atoms with Crippen LogP contribution in [0.15, 0.2) is 24.3 Å². The molecule has 0 saturated carbocycles. The lowest BCUT2D eigenvalue weighted by Gasteiger charge is -2.25. The van der Waals surface area contributed by atoms with E-state index in [0.29, 0.717) is 17.7 Å². The van der Waals surface area contributed by atoms with E-state index in [4.69, 9.17) is 5.11 Å². The third-order valence-corrected chi connectivity index (χ3v) is 3.10. The van der Waals surface area contributed by atoms with Crippen molar-refractivity contribution in [3.63, 3.8) is 0 Å². The minimum absolute atomic E-state index is 0.245. The van der Waals surface area contributed by atoms with E-state index >= 15 is 0 Å². The fourth-order valence-corrected chi connectivity index (χ4v) is 1.93. The Bertz CT molecular complexity index is 555. The smallest absolute Gasteiger partial charge is 0.323 e. The summed E-state index contributed by atoms with van der Waals surface area (Å²) in [6.45, 7) is 5.64. The van der Waals surface area contributed by atoms with Crippen molar-refractivity contribution in [2.24, 2.45) is 0 Å². The summed E-state index contributed by atoms with van der Waals surface area (Å²) >= 11 is 0. The molecule has 0 saturated heterocycles. The van der Waals surface area contributed by atoms with Crippen molar-refractivity contribution in [1.29, 1.82) is 0 Å². The van der Waals surface area contributed by atoms with Crippen LogP contribution in [0.1, 0.15) is 47.9 Å². The van der Waals surface area contributed by atoms with E-state index < -0.39 is 11.9 Å². The zero-order valence-corrected chi connectivity index (χ0v) is 13.1. The second-order valence-corrected chi connectivity index (χ2v) is 5.26. The first-order valence-electron chi connectivity index (χ1n) is 7.27. The lowest BCUT2D eigenvalue weighted by atomic mass is 10.1. The van der Waals surface area contributed by atoms with Gasteiger partial charge >= 0.3 is 5.97 Å². The van der Waals surface area contributed by atoms with Crippen molar-refractivity contribution in [2.75, 3.05) is 13.1 Å². The van der Waals surface area contributed by atoms with Gasteiger partial charge < -0.3 is 15.3 Å². The molecule has 0 atom stereocenters. The maximum atomic E-state index is 12.4. The summed E-state index contributed by atoms with van der Waals surface area (Å²) in [5.74, 6) is -1.72. The maximum absolute atomic E-state index is 12.4. The third-order valence-electron chi connectivity index (χ3n) is 3.10. The first-order chi connectivity index (χ1) is 10.4. The average molecular weight is 306 g/mol. The highest BCUT2D eigenvalue weighted by molar-refractivity contribution is 6.00. The van der Waals surface area contributed by atoms with Crippen LogP contribution in [0.2, 0.25) is 0 Å². The Labute approximate surface area is 130 Å². The van der Waals surface area contributed by atoms with Gasteiger partial charge in [0.15, 0.2) is 0 Å². The van der Waals surface area contributed by atoms with Gasteiger partial charge in [-0.05, 0) is 38.5 Å². The van der Waals surface area contributed by atoms with Crippen LogP contribution in [0.3, 0.4) is 0 Å². The zero-order chi connectivity index (χ0) is 16.7. The first-order valence-corrected chi connectivity index (χ1v) is 7.27. The predicted molar refractivity (Wildman–Crippen MR) is 82.9 cm³/mol. The van der Waals surface area contributed by atoms with E-state index in [2.05, 4.69) is 5.32 Å². The molecule has 120 valence electrons. The Morgan fingerprint density at radius 1 is 1.23 bits per heavy atom. The molecule has 2 N–H and O–H groups in total. The molecule has 1 aromatic rings. The number of amides is 2. The number of carbonyl (C=O) groups excluding carboxylic acids is 2. The second kappa shape index (κ2) is 8.17. The molecule has 1 aromatic carbocycles. The molecule has 22 heavy (non-hydrogen) atoms. The highest BCUT2D eigenvalue weighted by Gasteiger charge is 2.22. The fraction of sp³-hybridized carbons (Fsp3) is 0.438. The lowest BCUT2D eigenvalue weighted by molar-refractivity contribution is -0.138. The molecule has 6 nitrogen and oxygen atoms in total. The van der Waals surface area contributed by atoms with E-state index in [1.165, 1.54) is 11.0 Å². The van der Waals surface area contributed by atoms with Gasteiger partial charge in [-0.2, -0.15) is 0 Å². The van der Waals surface area contributed by atoms with Crippen molar-refractivity contribution < 1.29 is 19.5 Å². The Morgan fingerprint density at radius 3 is 2.41 bits per heavy atom. The van der Waals surface area contributed by atoms with Crippen LogP contribution in [-0.2, 0) is 4.79 Å². The number of rotatable bonds is 7. The molecule has 0 aromatic heterocycles. The van der Waals surface area contributed by atoms with Crippen LogP contribution in [0, 0.1) is 0 Å². The van der Waals surface area contributed by atoms with Gasteiger partial charge in [0.05, 0.1) is 0 Å². The van der Waals surface area contributed by atoms with Gasteiger partial charge in [-0.25, -0.2) is 0 Å². The van der Waals surface area contributed by atoms with E-state index in [1.54, 1.807) is 32.0 Å². The van der Waals surface area contributed by atoms with Crippen molar-refractivity contribution in [1.82, 2.24) is 10.2 Å². The van der Waals surface area contributed by atoms with Gasteiger partial charge in [0.25, 0.3) is 11.8 Å². The van der Waals surface area contributed by atoms with Gasteiger partial charge in [-0.3, -0.25) is 14.4 Å². The second-order valence-electron chi connectivity index (χ2n) is 5.26. The normalized spacial score (nSPS) is 10.4. The number of carbonyl (C=O) groups is 3. The largest absolute Gasteiger partial charge is 0.480 e. The summed E-state index contributed by atoms with van der Waals surface area (Å²) in [7, 11) is 0. The molecule has 0 aliphatic rings. The van der Waals surface area contributed by atoms with Crippen LogP contribution >= 0.6 is 0 Å². The molecule has 2 amide bonds. The molecule has 0 unspecified atom stereocenters. The Balaban J connectivity index is 2.97. The molecule has 0 spiro atoms. The fourth-order valence-electron chi connectivity index (χ4n) is 1.93. The van der Waals surface area contributed by atoms with Crippen LogP contribution in [0.5, 0.6) is 0 Å². The van der Waals surface area contributed by atoms with E-state index in [1.807, 2.05) is 6.92 Å². The molecular formula is C16H22N2O4. The molecule has 0 aliphatic heterocycles. The van der Waals surface area contributed by atoms with E-state index in [-0.39, 0.29) is 18.5 Å². The number of nitrogens with zero attached hydrogens (tertiary/aromatic N) is 1. The number of hydrogen-bond acceptors (Lipinski definition) is 3. The Kier molecular flexibility index (Phi) is 6.56. The molecule has 0 aliphatic carbocycles.